The molecule has 1 N–H and O–H groups in total. The first-order valence-electron chi connectivity index (χ1n) is 7.04. The van der Waals surface area contributed by atoms with Crippen LogP contribution in [-0.4, -0.2) is 19.0 Å². The molecule has 2 aromatic carbocycles. The van der Waals surface area contributed by atoms with Crippen LogP contribution in [0, 0.1) is 18.6 Å². The summed E-state index contributed by atoms with van der Waals surface area (Å²) in [6.07, 6.45) is 2.02. The number of amides is 1. The maximum absolute atomic E-state index is 13.5. The van der Waals surface area contributed by atoms with Gasteiger partial charge in [-0.2, -0.15) is 0 Å². The van der Waals surface area contributed by atoms with Crippen molar-refractivity contribution in [3.05, 3.63) is 70.8 Å². The lowest BCUT2D eigenvalue weighted by Crippen LogP contribution is -2.13. The number of carbonyl (C=O) groups is 2. The van der Waals surface area contributed by atoms with Crippen molar-refractivity contribution in [2.24, 2.45) is 0 Å². The molecule has 0 fully saturated rings. The van der Waals surface area contributed by atoms with Crippen LogP contribution in [0.25, 0.3) is 6.08 Å². The fourth-order valence-electron chi connectivity index (χ4n) is 2.05. The second kappa shape index (κ2) is 7.50. The van der Waals surface area contributed by atoms with Gasteiger partial charge in [-0.25, -0.2) is 13.6 Å². The molecule has 0 saturated heterocycles. The number of esters is 1. The highest BCUT2D eigenvalue weighted by molar-refractivity contribution is 6.06. The van der Waals surface area contributed by atoms with Crippen molar-refractivity contribution >= 4 is 23.6 Å². The van der Waals surface area contributed by atoms with Gasteiger partial charge in [0.2, 0.25) is 5.91 Å². The number of halogens is 2. The summed E-state index contributed by atoms with van der Waals surface area (Å²) in [5.41, 5.74) is 0.939. The van der Waals surface area contributed by atoms with Crippen molar-refractivity contribution < 1.29 is 23.1 Å². The van der Waals surface area contributed by atoms with Crippen LogP contribution in [-0.2, 0) is 9.53 Å². The lowest BCUT2D eigenvalue weighted by Gasteiger charge is -2.09. The van der Waals surface area contributed by atoms with E-state index >= 15 is 0 Å². The Labute approximate surface area is 137 Å². The topological polar surface area (TPSA) is 55.4 Å². The lowest BCUT2D eigenvalue weighted by molar-refractivity contribution is -0.111. The second-order valence-corrected chi connectivity index (χ2v) is 5.00. The maximum Gasteiger partial charge on any atom is 0.339 e. The van der Waals surface area contributed by atoms with E-state index in [-0.39, 0.29) is 16.8 Å². The minimum absolute atomic E-state index is 0.191. The monoisotopic (exact) mass is 331 g/mol. The van der Waals surface area contributed by atoms with Crippen molar-refractivity contribution in [1.82, 2.24) is 0 Å². The Morgan fingerprint density at radius 2 is 1.79 bits per heavy atom. The van der Waals surface area contributed by atoms with Crippen LogP contribution in [0.15, 0.2) is 42.5 Å². The molecule has 2 rings (SSSR count). The maximum atomic E-state index is 13.5. The summed E-state index contributed by atoms with van der Waals surface area (Å²) < 4.78 is 31.7. The normalized spacial score (nSPS) is 10.7. The van der Waals surface area contributed by atoms with Crippen LogP contribution in [0.5, 0.6) is 0 Å². The standard InChI is InChI=1S/C18H15F2NO3/c1-11-6-8-16(13(10-11)18(23)24-2)21-17(22)9-7-12-14(19)4-3-5-15(12)20/h3-10H,1-2H3,(H,21,22). The fourth-order valence-corrected chi connectivity index (χ4v) is 2.05. The molecule has 0 aliphatic carbocycles. The summed E-state index contributed by atoms with van der Waals surface area (Å²) in [6.45, 7) is 1.79. The number of rotatable bonds is 4. The van der Waals surface area contributed by atoms with E-state index in [2.05, 4.69) is 10.1 Å². The number of nitrogens with one attached hydrogen (secondary N) is 1. The molecule has 124 valence electrons. The second-order valence-electron chi connectivity index (χ2n) is 5.00. The fraction of sp³-hybridized carbons (Fsp3) is 0.111. The van der Waals surface area contributed by atoms with Gasteiger partial charge in [0.15, 0.2) is 0 Å². The lowest BCUT2D eigenvalue weighted by atomic mass is 10.1. The van der Waals surface area contributed by atoms with Crippen LogP contribution >= 0.6 is 0 Å². The van der Waals surface area contributed by atoms with Gasteiger partial charge in [0.25, 0.3) is 0 Å². The zero-order valence-electron chi connectivity index (χ0n) is 13.1. The molecule has 0 heterocycles. The molecular weight excluding hydrogens is 316 g/mol. The van der Waals surface area contributed by atoms with E-state index in [0.29, 0.717) is 0 Å². The van der Waals surface area contributed by atoms with E-state index in [1.54, 1.807) is 25.1 Å². The third kappa shape index (κ3) is 4.04. The van der Waals surface area contributed by atoms with Crippen molar-refractivity contribution in [2.45, 2.75) is 6.92 Å². The van der Waals surface area contributed by atoms with E-state index < -0.39 is 23.5 Å². The molecule has 0 unspecified atom stereocenters. The van der Waals surface area contributed by atoms with Gasteiger partial charge in [0.05, 0.1) is 18.4 Å². The van der Waals surface area contributed by atoms with Gasteiger partial charge in [-0.05, 0) is 37.3 Å². The third-order valence-electron chi connectivity index (χ3n) is 3.24. The van der Waals surface area contributed by atoms with E-state index in [0.717, 1.165) is 29.8 Å². The number of carbonyl (C=O) groups excluding carboxylic acids is 2. The third-order valence-corrected chi connectivity index (χ3v) is 3.24. The first-order chi connectivity index (χ1) is 11.4. The number of anilines is 1. The predicted molar refractivity (Wildman–Crippen MR) is 86.5 cm³/mol. The molecule has 0 spiro atoms. The van der Waals surface area contributed by atoms with Gasteiger partial charge in [-0.15, -0.1) is 0 Å². The van der Waals surface area contributed by atoms with Gasteiger partial charge in [0, 0.05) is 11.6 Å². The Kier molecular flexibility index (Phi) is 5.42. The largest absolute Gasteiger partial charge is 0.465 e. The first-order valence-corrected chi connectivity index (χ1v) is 7.04. The smallest absolute Gasteiger partial charge is 0.339 e. The van der Waals surface area contributed by atoms with E-state index in [1.165, 1.54) is 13.2 Å². The molecule has 0 saturated carbocycles. The minimum atomic E-state index is -0.773. The van der Waals surface area contributed by atoms with Crippen molar-refractivity contribution in [2.75, 3.05) is 12.4 Å². The first kappa shape index (κ1) is 17.3. The minimum Gasteiger partial charge on any atom is -0.465 e. The molecule has 0 aliphatic rings. The molecule has 6 heteroatoms. The number of ether oxygens (including phenoxy) is 1. The molecule has 0 aliphatic heterocycles. The molecule has 0 atom stereocenters. The molecule has 0 bridgehead atoms. The van der Waals surface area contributed by atoms with E-state index in [9.17, 15) is 18.4 Å². The number of hydrogen-bond donors (Lipinski definition) is 1. The van der Waals surface area contributed by atoms with E-state index in [1.807, 2.05) is 0 Å². The van der Waals surface area contributed by atoms with Crippen LogP contribution < -0.4 is 5.32 Å². The van der Waals surface area contributed by atoms with Crippen molar-refractivity contribution in [1.29, 1.82) is 0 Å². The number of benzene rings is 2. The molecule has 2 aromatic rings. The van der Waals surface area contributed by atoms with Crippen LogP contribution in [0.1, 0.15) is 21.5 Å². The summed E-state index contributed by atoms with van der Waals surface area (Å²) in [5, 5.41) is 2.49. The summed E-state index contributed by atoms with van der Waals surface area (Å²) in [4.78, 5) is 23.7. The highest BCUT2D eigenvalue weighted by atomic mass is 19.1. The Hall–Kier alpha value is -3.02. The number of methoxy groups -OCH3 is 1. The van der Waals surface area contributed by atoms with Crippen LogP contribution in [0.4, 0.5) is 14.5 Å². The predicted octanol–water partition coefficient (Wildman–Crippen LogP) is 3.71. The molecule has 4 nitrogen and oxygen atoms in total. The average Bonchev–Trinajstić information content (AvgIpc) is 2.55. The molecule has 24 heavy (non-hydrogen) atoms. The van der Waals surface area contributed by atoms with Crippen LogP contribution in [0.2, 0.25) is 0 Å². The zero-order chi connectivity index (χ0) is 17.7. The summed E-state index contributed by atoms with van der Waals surface area (Å²) in [5.74, 6) is -2.78. The number of aryl methyl sites for hydroxylation is 1. The highest BCUT2D eigenvalue weighted by Crippen LogP contribution is 2.19. The highest BCUT2D eigenvalue weighted by Gasteiger charge is 2.13. The Morgan fingerprint density at radius 3 is 2.42 bits per heavy atom. The van der Waals surface area contributed by atoms with Gasteiger partial charge >= 0.3 is 5.97 Å². The van der Waals surface area contributed by atoms with Gasteiger partial charge in [-0.3, -0.25) is 4.79 Å². The molecule has 1 amide bonds. The Morgan fingerprint density at radius 1 is 1.12 bits per heavy atom. The van der Waals surface area contributed by atoms with Crippen LogP contribution in [0.3, 0.4) is 0 Å². The summed E-state index contributed by atoms with van der Waals surface area (Å²) in [7, 11) is 1.23. The van der Waals surface area contributed by atoms with Gasteiger partial charge in [0.1, 0.15) is 11.6 Å². The van der Waals surface area contributed by atoms with Gasteiger partial charge in [-0.1, -0.05) is 17.7 Å². The molecule has 0 aromatic heterocycles. The zero-order valence-corrected chi connectivity index (χ0v) is 13.1. The summed E-state index contributed by atoms with van der Waals surface area (Å²) in [6, 6.07) is 8.25. The Balaban J connectivity index is 2.21. The van der Waals surface area contributed by atoms with Gasteiger partial charge < -0.3 is 10.1 Å². The average molecular weight is 331 g/mol. The van der Waals surface area contributed by atoms with E-state index in [4.69, 9.17) is 0 Å². The SMILES string of the molecule is COC(=O)c1cc(C)ccc1NC(=O)C=Cc1c(F)cccc1F. The van der Waals surface area contributed by atoms with Crippen molar-refractivity contribution in [3.8, 4) is 0 Å². The van der Waals surface area contributed by atoms with Crippen molar-refractivity contribution in [3.63, 3.8) is 0 Å². The molecule has 0 radical (unpaired) electrons. The quantitative estimate of drug-likeness (QED) is 0.686. The number of hydrogen-bond acceptors (Lipinski definition) is 3. The Bertz CT molecular complexity index is 796. The summed E-state index contributed by atoms with van der Waals surface area (Å²) >= 11 is 0. The molecular formula is C18H15F2NO3.